The SMILES string of the molecule is CC1(C)c2cc(N(c3ccccc3)c3ccc4c(c3)oc3ccccc34)ccc2-c2ccc(N(c3ccccc3)c3ccc4c(c3)oc3ccccc34)cc21. The summed E-state index contributed by atoms with van der Waals surface area (Å²) < 4.78 is 12.7. The van der Waals surface area contributed by atoms with Crippen molar-refractivity contribution >= 4 is 78.0 Å². The van der Waals surface area contributed by atoms with Gasteiger partial charge < -0.3 is 18.6 Å². The third-order valence-electron chi connectivity index (χ3n) is 11.4. The molecule has 2 heterocycles. The predicted octanol–water partition coefficient (Wildman–Crippen LogP) is 14.7. The van der Waals surface area contributed by atoms with E-state index in [1.165, 1.54) is 22.3 Å². The lowest BCUT2D eigenvalue weighted by Gasteiger charge is -2.29. The van der Waals surface area contributed by atoms with Crippen molar-refractivity contribution in [3.63, 3.8) is 0 Å². The van der Waals surface area contributed by atoms with Crippen LogP contribution < -0.4 is 9.80 Å². The Morgan fingerprint density at radius 1 is 0.327 bits per heavy atom. The van der Waals surface area contributed by atoms with E-state index >= 15 is 0 Å². The molecule has 262 valence electrons. The van der Waals surface area contributed by atoms with Crippen molar-refractivity contribution in [2.45, 2.75) is 19.3 Å². The molecule has 11 rings (SSSR count). The van der Waals surface area contributed by atoms with E-state index in [0.29, 0.717) is 0 Å². The van der Waals surface area contributed by atoms with Crippen LogP contribution in [-0.4, -0.2) is 0 Å². The largest absolute Gasteiger partial charge is 0.456 e. The van der Waals surface area contributed by atoms with Crippen LogP contribution >= 0.6 is 0 Å². The highest BCUT2D eigenvalue weighted by Gasteiger charge is 2.37. The zero-order valence-electron chi connectivity index (χ0n) is 30.5. The summed E-state index contributed by atoms with van der Waals surface area (Å²) in [5.41, 5.74) is 14.9. The predicted molar refractivity (Wildman–Crippen MR) is 228 cm³/mol. The maximum Gasteiger partial charge on any atom is 0.137 e. The fourth-order valence-corrected chi connectivity index (χ4v) is 8.75. The van der Waals surface area contributed by atoms with Crippen LogP contribution in [0.25, 0.3) is 55.0 Å². The van der Waals surface area contributed by atoms with Gasteiger partial charge in [0.25, 0.3) is 0 Å². The lowest BCUT2D eigenvalue weighted by Crippen LogP contribution is -2.17. The molecule has 0 saturated heterocycles. The van der Waals surface area contributed by atoms with E-state index in [9.17, 15) is 0 Å². The molecule has 4 heteroatoms. The number of rotatable bonds is 6. The van der Waals surface area contributed by atoms with Gasteiger partial charge in [0.05, 0.1) is 0 Å². The normalized spacial score (nSPS) is 13.1. The molecule has 0 spiro atoms. The number of hydrogen-bond acceptors (Lipinski definition) is 4. The second-order valence-electron chi connectivity index (χ2n) is 15.0. The van der Waals surface area contributed by atoms with E-state index in [-0.39, 0.29) is 5.41 Å². The van der Waals surface area contributed by atoms with E-state index in [1.54, 1.807) is 0 Å². The van der Waals surface area contributed by atoms with Crippen molar-refractivity contribution < 1.29 is 8.83 Å². The van der Waals surface area contributed by atoms with Crippen LogP contribution in [0.4, 0.5) is 34.1 Å². The molecule has 2 aromatic heterocycles. The number of anilines is 6. The molecule has 0 saturated carbocycles. The zero-order valence-corrected chi connectivity index (χ0v) is 30.5. The summed E-state index contributed by atoms with van der Waals surface area (Å²) in [5.74, 6) is 0. The Balaban J connectivity index is 1.02. The van der Waals surface area contributed by atoms with Crippen LogP contribution in [0.5, 0.6) is 0 Å². The van der Waals surface area contributed by atoms with Gasteiger partial charge in [-0.1, -0.05) is 98.8 Å². The Morgan fingerprint density at radius 2 is 0.691 bits per heavy atom. The maximum atomic E-state index is 6.36. The lowest BCUT2D eigenvalue weighted by molar-refractivity contribution is 0.660. The van der Waals surface area contributed by atoms with E-state index < -0.39 is 0 Å². The standard InChI is InChI=1S/C51H36N2O2/c1-51(2)45-29-35(52(33-13-5-3-6-14-33)37-23-27-43-41-17-9-11-19-47(41)54-49(43)31-37)21-25-39(45)40-26-22-36(30-46(40)51)53(34-15-7-4-8-16-34)38-24-28-44-42-18-10-12-20-48(42)55-50(44)32-38/h3-32H,1-2H3. The van der Waals surface area contributed by atoms with E-state index in [4.69, 9.17) is 8.83 Å². The molecule has 8 aromatic carbocycles. The Morgan fingerprint density at radius 3 is 1.15 bits per heavy atom. The van der Waals surface area contributed by atoms with E-state index in [0.717, 1.165) is 78.0 Å². The van der Waals surface area contributed by atoms with Gasteiger partial charge in [0.2, 0.25) is 0 Å². The number of furan rings is 2. The topological polar surface area (TPSA) is 32.8 Å². The minimum atomic E-state index is -0.257. The van der Waals surface area contributed by atoms with Crippen LogP contribution in [0, 0.1) is 0 Å². The van der Waals surface area contributed by atoms with E-state index in [2.05, 4.69) is 181 Å². The van der Waals surface area contributed by atoms with Gasteiger partial charge in [0.1, 0.15) is 22.3 Å². The van der Waals surface area contributed by atoms with Gasteiger partial charge >= 0.3 is 0 Å². The van der Waals surface area contributed by atoms with Crippen LogP contribution in [0.1, 0.15) is 25.0 Å². The first-order valence-corrected chi connectivity index (χ1v) is 18.8. The number of hydrogen-bond donors (Lipinski definition) is 0. The average Bonchev–Trinajstić information content (AvgIpc) is 3.86. The summed E-state index contributed by atoms with van der Waals surface area (Å²) in [5, 5.41) is 4.51. The molecule has 1 aliphatic rings. The van der Waals surface area contributed by atoms with Gasteiger partial charge in [-0.2, -0.15) is 0 Å². The molecular formula is C51H36N2O2. The van der Waals surface area contributed by atoms with Crippen LogP contribution in [0.15, 0.2) is 191 Å². The molecule has 0 fully saturated rings. The second-order valence-corrected chi connectivity index (χ2v) is 15.0. The molecule has 0 unspecified atom stereocenters. The number of fused-ring (bicyclic) bond motifs is 9. The van der Waals surface area contributed by atoms with Gasteiger partial charge in [-0.05, 0) is 107 Å². The van der Waals surface area contributed by atoms with Gasteiger partial charge in [0.15, 0.2) is 0 Å². The van der Waals surface area contributed by atoms with Crippen molar-refractivity contribution in [2.24, 2.45) is 0 Å². The Kier molecular flexibility index (Phi) is 6.86. The van der Waals surface area contributed by atoms with Crippen LogP contribution in [-0.2, 0) is 5.41 Å². The molecule has 0 bridgehead atoms. The molecule has 0 amide bonds. The average molecular weight is 709 g/mol. The lowest BCUT2D eigenvalue weighted by atomic mass is 9.82. The number of benzene rings is 8. The fraction of sp³-hybridized carbons (Fsp3) is 0.0588. The molecular weight excluding hydrogens is 673 g/mol. The third-order valence-corrected chi connectivity index (χ3v) is 11.4. The van der Waals surface area contributed by atoms with Crippen molar-refractivity contribution in [3.05, 3.63) is 193 Å². The summed E-state index contributed by atoms with van der Waals surface area (Å²) >= 11 is 0. The highest BCUT2D eigenvalue weighted by molar-refractivity contribution is 6.07. The Labute approximate surface area is 319 Å². The first kappa shape index (κ1) is 31.5. The van der Waals surface area contributed by atoms with Crippen molar-refractivity contribution in [1.82, 2.24) is 0 Å². The van der Waals surface area contributed by atoms with Crippen molar-refractivity contribution in [1.29, 1.82) is 0 Å². The van der Waals surface area contributed by atoms with E-state index in [1.807, 2.05) is 24.3 Å². The second kappa shape index (κ2) is 12.0. The van der Waals surface area contributed by atoms with Gasteiger partial charge in [-0.15, -0.1) is 0 Å². The van der Waals surface area contributed by atoms with Gasteiger partial charge in [0, 0.05) is 73.2 Å². The summed E-state index contributed by atoms with van der Waals surface area (Å²) in [6, 6.07) is 64.7. The highest BCUT2D eigenvalue weighted by atomic mass is 16.3. The molecule has 0 aliphatic heterocycles. The fourth-order valence-electron chi connectivity index (χ4n) is 8.75. The summed E-state index contributed by atoms with van der Waals surface area (Å²) in [6.45, 7) is 4.71. The maximum absolute atomic E-state index is 6.36. The smallest absolute Gasteiger partial charge is 0.137 e. The Hall–Kier alpha value is -7.04. The summed E-state index contributed by atoms with van der Waals surface area (Å²) in [7, 11) is 0. The van der Waals surface area contributed by atoms with Crippen LogP contribution in [0.3, 0.4) is 0 Å². The minimum Gasteiger partial charge on any atom is -0.456 e. The Bertz CT molecular complexity index is 2870. The molecule has 0 N–H and O–H groups in total. The molecule has 1 aliphatic carbocycles. The molecule has 0 atom stereocenters. The number of para-hydroxylation sites is 4. The summed E-state index contributed by atoms with van der Waals surface area (Å²) in [4.78, 5) is 4.67. The summed E-state index contributed by atoms with van der Waals surface area (Å²) in [6.07, 6.45) is 0. The van der Waals surface area contributed by atoms with Crippen molar-refractivity contribution in [3.8, 4) is 11.1 Å². The number of nitrogens with zero attached hydrogens (tertiary/aromatic N) is 2. The monoisotopic (exact) mass is 708 g/mol. The first-order valence-electron chi connectivity index (χ1n) is 18.8. The van der Waals surface area contributed by atoms with Gasteiger partial charge in [-0.3, -0.25) is 0 Å². The van der Waals surface area contributed by atoms with Crippen LogP contribution in [0.2, 0.25) is 0 Å². The molecule has 10 aromatic rings. The van der Waals surface area contributed by atoms with Crippen molar-refractivity contribution in [2.75, 3.05) is 9.80 Å². The first-order chi connectivity index (χ1) is 27.0. The zero-order chi connectivity index (χ0) is 36.7. The third kappa shape index (κ3) is 4.92. The molecule has 4 nitrogen and oxygen atoms in total. The molecule has 55 heavy (non-hydrogen) atoms. The minimum absolute atomic E-state index is 0.257. The quantitative estimate of drug-likeness (QED) is 0.172. The van der Waals surface area contributed by atoms with Gasteiger partial charge in [-0.25, -0.2) is 0 Å². The molecule has 0 radical (unpaired) electrons. The highest BCUT2D eigenvalue weighted by Crippen LogP contribution is 2.53.